The Morgan fingerprint density at radius 2 is 2.14 bits per heavy atom. The van der Waals surface area contributed by atoms with E-state index in [2.05, 4.69) is 15.6 Å². The number of aromatic nitrogens is 2. The minimum Gasteiger partial charge on any atom is -0.438 e. The Labute approximate surface area is 121 Å². The van der Waals surface area contributed by atoms with Gasteiger partial charge in [-0.15, -0.1) is 10.0 Å². The summed E-state index contributed by atoms with van der Waals surface area (Å²) in [6, 6.07) is 6.25. The van der Waals surface area contributed by atoms with Gasteiger partial charge in [-0.25, -0.2) is 4.79 Å². The van der Waals surface area contributed by atoms with Crippen molar-refractivity contribution < 1.29 is 9.53 Å². The molecule has 1 N–H and O–H groups in total. The zero-order chi connectivity index (χ0) is 15.4. The lowest BCUT2D eigenvalue weighted by Crippen LogP contribution is -2.29. The first-order valence-electron chi connectivity index (χ1n) is 6.52. The van der Waals surface area contributed by atoms with Crippen molar-refractivity contribution in [3.8, 4) is 11.6 Å². The van der Waals surface area contributed by atoms with Crippen molar-refractivity contribution in [3.05, 3.63) is 40.4 Å². The topological polar surface area (TPSA) is 85.6 Å². The number of amides is 1. The summed E-state index contributed by atoms with van der Waals surface area (Å²) in [7, 11) is 0. The van der Waals surface area contributed by atoms with E-state index >= 15 is 0 Å². The number of hydrogen-bond acceptors (Lipinski definition) is 5. The molecule has 1 aromatic heterocycles. The van der Waals surface area contributed by atoms with Crippen LogP contribution in [0.3, 0.4) is 0 Å². The number of rotatable bonds is 4. The van der Waals surface area contributed by atoms with Crippen LogP contribution in [0.2, 0.25) is 0 Å². The average Bonchev–Trinajstić information content (AvgIpc) is 2.80. The van der Waals surface area contributed by atoms with Crippen LogP contribution in [-0.2, 0) is 0 Å². The minimum absolute atomic E-state index is 0.304. The van der Waals surface area contributed by atoms with E-state index in [9.17, 15) is 9.70 Å². The smallest absolute Gasteiger partial charge is 0.342 e. The van der Waals surface area contributed by atoms with Gasteiger partial charge in [0, 0.05) is 12.6 Å². The third-order valence-corrected chi connectivity index (χ3v) is 2.87. The standard InChI is InChI=1S/C14H16N4O3/c1-4-15-14(19)18-10(3)8-13(16-18)21-11-5-6-12(17-20)9(2)7-11/h5-8H,4H2,1-3H3,(H,15,19). The second-order valence-electron chi connectivity index (χ2n) is 4.51. The Kier molecular flexibility index (Phi) is 4.32. The molecule has 0 radical (unpaired) electrons. The predicted molar refractivity (Wildman–Crippen MR) is 78.1 cm³/mol. The molecule has 0 atom stereocenters. The Morgan fingerprint density at radius 1 is 1.38 bits per heavy atom. The van der Waals surface area contributed by atoms with Gasteiger partial charge in [-0.2, -0.15) is 4.68 Å². The number of nitrogens with one attached hydrogen (secondary N) is 1. The molecule has 0 saturated carbocycles. The number of nitrogens with zero attached hydrogens (tertiary/aromatic N) is 3. The summed E-state index contributed by atoms with van der Waals surface area (Å²) in [6.45, 7) is 5.88. The van der Waals surface area contributed by atoms with Crippen LogP contribution in [0.1, 0.15) is 18.2 Å². The molecule has 0 aliphatic rings. The lowest BCUT2D eigenvalue weighted by atomic mass is 10.2. The van der Waals surface area contributed by atoms with Crippen LogP contribution < -0.4 is 10.1 Å². The van der Waals surface area contributed by atoms with Crippen molar-refractivity contribution in [2.24, 2.45) is 5.18 Å². The number of nitroso groups, excluding NO2 is 1. The molecule has 0 unspecified atom stereocenters. The first-order chi connectivity index (χ1) is 10.0. The van der Waals surface area contributed by atoms with Gasteiger partial charge in [0.25, 0.3) is 0 Å². The van der Waals surface area contributed by atoms with Crippen LogP contribution in [0, 0.1) is 18.8 Å². The largest absolute Gasteiger partial charge is 0.438 e. The summed E-state index contributed by atoms with van der Waals surface area (Å²) in [6.07, 6.45) is 0. The van der Waals surface area contributed by atoms with Crippen molar-refractivity contribution in [2.75, 3.05) is 6.54 Å². The predicted octanol–water partition coefficient (Wildman–Crippen LogP) is 3.27. The van der Waals surface area contributed by atoms with Gasteiger partial charge in [0.05, 0.1) is 5.69 Å². The summed E-state index contributed by atoms with van der Waals surface area (Å²) in [5.41, 5.74) is 1.74. The van der Waals surface area contributed by atoms with E-state index in [1.54, 1.807) is 38.1 Å². The molecule has 0 aliphatic heterocycles. The summed E-state index contributed by atoms with van der Waals surface area (Å²) in [4.78, 5) is 22.3. The van der Waals surface area contributed by atoms with Crippen molar-refractivity contribution in [1.29, 1.82) is 0 Å². The second kappa shape index (κ2) is 6.17. The molecular weight excluding hydrogens is 272 g/mol. The van der Waals surface area contributed by atoms with Gasteiger partial charge in [0.15, 0.2) is 0 Å². The summed E-state index contributed by atoms with van der Waals surface area (Å²) < 4.78 is 6.84. The Bertz CT molecular complexity index is 679. The molecular formula is C14H16N4O3. The molecule has 110 valence electrons. The highest BCUT2D eigenvalue weighted by atomic mass is 16.5. The van der Waals surface area contributed by atoms with Gasteiger partial charge in [0.2, 0.25) is 5.88 Å². The average molecular weight is 288 g/mol. The number of carbonyl (C=O) groups is 1. The van der Waals surface area contributed by atoms with Gasteiger partial charge in [-0.1, -0.05) is 0 Å². The van der Waals surface area contributed by atoms with Gasteiger partial charge < -0.3 is 10.1 Å². The summed E-state index contributed by atoms with van der Waals surface area (Å²) in [5, 5.41) is 9.66. The van der Waals surface area contributed by atoms with E-state index in [0.29, 0.717) is 35.1 Å². The van der Waals surface area contributed by atoms with Gasteiger partial charge >= 0.3 is 6.03 Å². The van der Waals surface area contributed by atoms with Crippen molar-refractivity contribution in [2.45, 2.75) is 20.8 Å². The number of aryl methyl sites for hydroxylation is 2. The number of benzene rings is 1. The van der Waals surface area contributed by atoms with Gasteiger partial charge in [-0.05, 0) is 49.7 Å². The molecule has 0 saturated heterocycles. The van der Waals surface area contributed by atoms with Crippen molar-refractivity contribution in [1.82, 2.24) is 15.1 Å². The summed E-state index contributed by atoms with van der Waals surface area (Å²) in [5.74, 6) is 0.838. The lowest BCUT2D eigenvalue weighted by Gasteiger charge is -2.04. The summed E-state index contributed by atoms with van der Waals surface area (Å²) >= 11 is 0. The first-order valence-corrected chi connectivity index (χ1v) is 6.52. The van der Waals surface area contributed by atoms with Crippen molar-refractivity contribution in [3.63, 3.8) is 0 Å². The zero-order valence-electron chi connectivity index (χ0n) is 12.1. The van der Waals surface area contributed by atoms with Crippen LogP contribution in [0.4, 0.5) is 10.5 Å². The molecule has 0 bridgehead atoms. The molecule has 2 aromatic rings. The highest BCUT2D eigenvalue weighted by Gasteiger charge is 2.12. The fraction of sp³-hybridized carbons (Fsp3) is 0.286. The minimum atomic E-state index is -0.304. The van der Waals surface area contributed by atoms with E-state index in [-0.39, 0.29) is 6.03 Å². The van der Waals surface area contributed by atoms with Crippen molar-refractivity contribution >= 4 is 11.7 Å². The first kappa shape index (κ1) is 14.7. The molecule has 1 heterocycles. The van der Waals surface area contributed by atoms with E-state index in [0.717, 1.165) is 0 Å². The fourth-order valence-corrected chi connectivity index (χ4v) is 1.84. The monoisotopic (exact) mass is 288 g/mol. The molecule has 0 fully saturated rings. The van der Waals surface area contributed by atoms with E-state index in [1.165, 1.54) is 4.68 Å². The highest BCUT2D eigenvalue weighted by molar-refractivity contribution is 5.76. The molecule has 7 heteroatoms. The molecule has 0 spiro atoms. The Balaban J connectivity index is 2.20. The lowest BCUT2D eigenvalue weighted by molar-refractivity contribution is 0.239. The Morgan fingerprint density at radius 3 is 2.76 bits per heavy atom. The second-order valence-corrected chi connectivity index (χ2v) is 4.51. The maximum Gasteiger partial charge on any atom is 0.342 e. The maximum atomic E-state index is 11.8. The van der Waals surface area contributed by atoms with Crippen LogP contribution in [0.25, 0.3) is 0 Å². The van der Waals surface area contributed by atoms with Crippen LogP contribution in [-0.4, -0.2) is 22.4 Å². The van der Waals surface area contributed by atoms with E-state index < -0.39 is 0 Å². The molecule has 1 aromatic carbocycles. The Hall–Kier alpha value is -2.70. The van der Waals surface area contributed by atoms with Gasteiger partial charge in [-0.3, -0.25) is 0 Å². The molecule has 0 aliphatic carbocycles. The molecule has 2 rings (SSSR count). The van der Waals surface area contributed by atoms with E-state index in [1.807, 2.05) is 6.92 Å². The SMILES string of the molecule is CCNC(=O)n1nc(Oc2ccc(N=O)c(C)c2)cc1C. The van der Waals surface area contributed by atoms with Crippen LogP contribution >= 0.6 is 0 Å². The molecule has 21 heavy (non-hydrogen) atoms. The molecule has 7 nitrogen and oxygen atoms in total. The van der Waals surface area contributed by atoms with Gasteiger partial charge in [0.1, 0.15) is 11.4 Å². The maximum absolute atomic E-state index is 11.8. The third-order valence-electron chi connectivity index (χ3n) is 2.87. The number of ether oxygens (including phenoxy) is 1. The highest BCUT2D eigenvalue weighted by Crippen LogP contribution is 2.27. The fourth-order valence-electron chi connectivity index (χ4n) is 1.84. The quantitative estimate of drug-likeness (QED) is 0.875. The number of carbonyl (C=O) groups excluding carboxylic acids is 1. The van der Waals surface area contributed by atoms with E-state index in [4.69, 9.17) is 4.74 Å². The van der Waals surface area contributed by atoms with Crippen LogP contribution in [0.15, 0.2) is 29.4 Å². The normalized spacial score (nSPS) is 10.2. The van der Waals surface area contributed by atoms with Crippen LogP contribution in [0.5, 0.6) is 11.6 Å². The third kappa shape index (κ3) is 3.25. The number of hydrogen-bond donors (Lipinski definition) is 1. The molecule has 1 amide bonds. The zero-order valence-corrected chi connectivity index (χ0v) is 12.1.